The van der Waals surface area contributed by atoms with E-state index >= 15 is 0 Å². The van der Waals surface area contributed by atoms with Crippen LogP contribution >= 0.6 is 11.8 Å². The Morgan fingerprint density at radius 1 is 1.37 bits per heavy atom. The van der Waals surface area contributed by atoms with Crippen LogP contribution in [0.15, 0.2) is 24.3 Å². The molecule has 19 heavy (non-hydrogen) atoms. The van der Waals surface area contributed by atoms with Crippen molar-refractivity contribution in [2.75, 3.05) is 11.9 Å². The van der Waals surface area contributed by atoms with Crippen LogP contribution < -0.4 is 5.32 Å². The molecule has 0 aromatic heterocycles. The van der Waals surface area contributed by atoms with Crippen molar-refractivity contribution in [3.63, 3.8) is 0 Å². The summed E-state index contributed by atoms with van der Waals surface area (Å²) in [5.41, 5.74) is 0.470. The summed E-state index contributed by atoms with van der Waals surface area (Å²) in [6.45, 7) is -0.660. The maximum absolute atomic E-state index is 12.7. The minimum atomic E-state index is -1.26. The Morgan fingerprint density at radius 2 is 2.00 bits per heavy atom. The molecule has 8 heteroatoms. The molecule has 0 saturated carbocycles. The van der Waals surface area contributed by atoms with Crippen LogP contribution in [0.3, 0.4) is 0 Å². The Kier molecular flexibility index (Phi) is 3.70. The van der Waals surface area contributed by atoms with Crippen molar-refractivity contribution in [3.8, 4) is 0 Å². The van der Waals surface area contributed by atoms with E-state index in [0.29, 0.717) is 22.3 Å². The molecule has 1 heterocycles. The number of carbonyl (C=O) groups excluding carboxylic acids is 2. The number of halogens is 1. The average Bonchev–Trinajstić information content (AvgIpc) is 2.60. The van der Waals surface area contributed by atoms with Gasteiger partial charge in [0.1, 0.15) is 12.4 Å². The Bertz CT molecular complexity index is 534. The standard InChI is InChI=1S/C11H9FN2O4S/c12-6-1-3-7(4-2-6)13-9-10(17)14(5-8(15)16)11(18)19-9/h1-4,9,13H,5H2,(H,15,16). The molecule has 1 unspecified atom stereocenters. The van der Waals surface area contributed by atoms with Crippen LogP contribution in [0.4, 0.5) is 14.9 Å². The molecular formula is C11H9FN2O4S. The maximum atomic E-state index is 12.7. The molecule has 2 amide bonds. The van der Waals surface area contributed by atoms with Gasteiger partial charge in [0.05, 0.1) is 0 Å². The fourth-order valence-corrected chi connectivity index (χ4v) is 2.42. The number of aliphatic carboxylic acids is 1. The number of nitrogens with zero attached hydrogens (tertiary/aromatic N) is 1. The Morgan fingerprint density at radius 3 is 2.58 bits per heavy atom. The second-order valence-electron chi connectivity index (χ2n) is 3.73. The van der Waals surface area contributed by atoms with Gasteiger partial charge in [0.25, 0.3) is 11.1 Å². The van der Waals surface area contributed by atoms with Gasteiger partial charge in [-0.25, -0.2) is 4.39 Å². The molecule has 0 spiro atoms. The van der Waals surface area contributed by atoms with E-state index in [1.165, 1.54) is 24.3 Å². The molecule has 1 aromatic rings. The first-order chi connectivity index (χ1) is 8.97. The van der Waals surface area contributed by atoms with Crippen molar-refractivity contribution in [2.45, 2.75) is 5.37 Å². The summed E-state index contributed by atoms with van der Waals surface area (Å²) in [5, 5.41) is 9.83. The molecule has 0 bridgehead atoms. The lowest BCUT2D eigenvalue weighted by molar-refractivity contribution is -0.141. The Labute approximate surface area is 111 Å². The van der Waals surface area contributed by atoms with Crippen molar-refractivity contribution in [1.29, 1.82) is 0 Å². The van der Waals surface area contributed by atoms with Gasteiger partial charge in [-0.1, -0.05) is 0 Å². The van der Waals surface area contributed by atoms with E-state index < -0.39 is 34.9 Å². The van der Waals surface area contributed by atoms with Crippen molar-refractivity contribution >= 4 is 34.6 Å². The molecule has 0 radical (unpaired) electrons. The molecule has 100 valence electrons. The summed E-state index contributed by atoms with van der Waals surface area (Å²) in [7, 11) is 0. The van der Waals surface area contributed by atoms with Crippen molar-refractivity contribution in [2.24, 2.45) is 0 Å². The monoisotopic (exact) mass is 284 g/mol. The van der Waals surface area contributed by atoms with Gasteiger partial charge in [0.2, 0.25) is 0 Å². The molecule has 0 aliphatic carbocycles. The number of nitrogens with one attached hydrogen (secondary N) is 1. The molecule has 1 fully saturated rings. The Hall–Kier alpha value is -2.09. The van der Waals surface area contributed by atoms with Gasteiger partial charge in [-0.05, 0) is 36.0 Å². The van der Waals surface area contributed by atoms with E-state index in [4.69, 9.17) is 5.11 Å². The second-order valence-corrected chi connectivity index (χ2v) is 4.79. The molecule has 2 N–H and O–H groups in total. The zero-order chi connectivity index (χ0) is 14.0. The number of anilines is 1. The molecule has 1 saturated heterocycles. The molecule has 1 aromatic carbocycles. The first-order valence-corrected chi connectivity index (χ1v) is 6.11. The largest absolute Gasteiger partial charge is 0.480 e. The number of hydrogen-bond donors (Lipinski definition) is 2. The number of benzene rings is 1. The van der Waals surface area contributed by atoms with Gasteiger partial charge >= 0.3 is 5.97 Å². The first-order valence-electron chi connectivity index (χ1n) is 5.23. The van der Waals surface area contributed by atoms with Crippen molar-refractivity contribution in [3.05, 3.63) is 30.1 Å². The highest BCUT2D eigenvalue weighted by Crippen LogP contribution is 2.27. The van der Waals surface area contributed by atoms with Gasteiger partial charge < -0.3 is 10.4 Å². The highest BCUT2D eigenvalue weighted by Gasteiger charge is 2.40. The van der Waals surface area contributed by atoms with Gasteiger partial charge in [-0.2, -0.15) is 0 Å². The first kappa shape index (κ1) is 13.3. The summed E-state index contributed by atoms with van der Waals surface area (Å²) >= 11 is 0.692. The zero-order valence-corrected chi connectivity index (χ0v) is 10.3. The lowest BCUT2D eigenvalue weighted by atomic mass is 10.3. The van der Waals surface area contributed by atoms with Crippen LogP contribution in [0.1, 0.15) is 0 Å². The number of rotatable bonds is 4. The van der Waals surface area contributed by atoms with Crippen LogP contribution in [-0.4, -0.2) is 39.0 Å². The number of imide groups is 1. The van der Waals surface area contributed by atoms with Crippen molar-refractivity contribution < 1.29 is 23.9 Å². The quantitative estimate of drug-likeness (QED) is 0.867. The van der Waals surface area contributed by atoms with Gasteiger partial charge in [0, 0.05) is 5.69 Å². The highest BCUT2D eigenvalue weighted by molar-refractivity contribution is 8.15. The fourth-order valence-electron chi connectivity index (χ4n) is 1.51. The number of amides is 2. The summed E-state index contributed by atoms with van der Waals surface area (Å²) in [6, 6.07) is 5.27. The molecule has 1 aliphatic rings. The Balaban J connectivity index is 2.06. The SMILES string of the molecule is O=C(O)CN1C(=O)SC(Nc2ccc(F)cc2)C1=O. The van der Waals surface area contributed by atoms with Crippen LogP contribution in [0.2, 0.25) is 0 Å². The highest BCUT2D eigenvalue weighted by atomic mass is 32.2. The van der Waals surface area contributed by atoms with Crippen LogP contribution in [0, 0.1) is 5.82 Å². The number of carboxylic acid groups (broad SMARTS) is 1. The fraction of sp³-hybridized carbons (Fsp3) is 0.182. The van der Waals surface area contributed by atoms with Crippen LogP contribution in [0.25, 0.3) is 0 Å². The molecule has 1 atom stereocenters. The van der Waals surface area contributed by atoms with E-state index in [1.807, 2.05) is 0 Å². The third kappa shape index (κ3) is 3.02. The predicted octanol–water partition coefficient (Wildman–Crippen LogP) is 1.34. The number of carboxylic acids is 1. The number of hydrogen-bond acceptors (Lipinski definition) is 5. The minimum absolute atomic E-state index is 0.417. The molecule has 6 nitrogen and oxygen atoms in total. The van der Waals surface area contributed by atoms with Crippen molar-refractivity contribution in [1.82, 2.24) is 4.90 Å². The normalized spacial score (nSPS) is 18.8. The molecule has 1 aliphatic heterocycles. The average molecular weight is 284 g/mol. The second kappa shape index (κ2) is 5.27. The number of carbonyl (C=O) groups is 3. The summed E-state index contributed by atoms with van der Waals surface area (Å²) in [6.07, 6.45) is 0. The summed E-state index contributed by atoms with van der Waals surface area (Å²) in [4.78, 5) is 34.5. The smallest absolute Gasteiger partial charge is 0.323 e. The number of thioether (sulfide) groups is 1. The molecular weight excluding hydrogens is 275 g/mol. The minimum Gasteiger partial charge on any atom is -0.480 e. The summed E-state index contributed by atoms with van der Waals surface area (Å²) < 4.78 is 12.7. The molecule has 2 rings (SSSR count). The van der Waals surface area contributed by atoms with Crippen LogP contribution in [-0.2, 0) is 9.59 Å². The maximum Gasteiger partial charge on any atom is 0.323 e. The third-order valence-electron chi connectivity index (χ3n) is 2.36. The van der Waals surface area contributed by atoms with E-state index in [0.717, 1.165) is 0 Å². The van der Waals surface area contributed by atoms with E-state index in [2.05, 4.69) is 5.32 Å². The van der Waals surface area contributed by atoms with E-state index in [1.54, 1.807) is 0 Å². The van der Waals surface area contributed by atoms with E-state index in [-0.39, 0.29) is 0 Å². The summed E-state index contributed by atoms with van der Waals surface area (Å²) in [5.74, 6) is -2.30. The lowest BCUT2D eigenvalue weighted by Crippen LogP contribution is -2.37. The lowest BCUT2D eigenvalue weighted by Gasteiger charge is -2.12. The van der Waals surface area contributed by atoms with E-state index in [9.17, 15) is 18.8 Å². The topological polar surface area (TPSA) is 86.7 Å². The van der Waals surface area contributed by atoms with Gasteiger partial charge in [-0.15, -0.1) is 0 Å². The van der Waals surface area contributed by atoms with Gasteiger partial charge in [0.15, 0.2) is 5.37 Å². The van der Waals surface area contributed by atoms with Gasteiger partial charge in [-0.3, -0.25) is 19.3 Å². The third-order valence-corrected chi connectivity index (χ3v) is 3.34. The van der Waals surface area contributed by atoms with Crippen LogP contribution in [0.5, 0.6) is 0 Å². The zero-order valence-electron chi connectivity index (χ0n) is 9.50. The predicted molar refractivity (Wildman–Crippen MR) is 66.1 cm³/mol.